The Kier molecular flexibility index (Phi) is 9.91. The number of fused-ring (bicyclic) bond motifs is 2. The number of halogens is 2. The molecule has 234 valence electrons. The van der Waals surface area contributed by atoms with Gasteiger partial charge in [-0.2, -0.15) is 0 Å². The van der Waals surface area contributed by atoms with Crippen LogP contribution in [-0.4, -0.2) is 66.1 Å². The predicted molar refractivity (Wildman–Crippen MR) is 180 cm³/mol. The summed E-state index contributed by atoms with van der Waals surface area (Å²) in [5.41, 5.74) is 6.99. The SMILES string of the molecule is CN1CCOCC1.O=C(Nc1ccc(Cl)cc1)c1cc(-c2cc(Cl)ccc2C(=O)N2CCc3ccccc3C2)n2c1CCCC2. The summed E-state index contributed by atoms with van der Waals surface area (Å²) in [6, 6.07) is 22.7. The lowest BCUT2D eigenvalue weighted by atomic mass is 9.97. The maximum atomic E-state index is 13.9. The molecule has 7 rings (SSSR count). The topological polar surface area (TPSA) is 66.8 Å². The van der Waals surface area contributed by atoms with E-state index in [-0.39, 0.29) is 11.8 Å². The van der Waals surface area contributed by atoms with Crippen molar-refractivity contribution in [2.75, 3.05) is 45.2 Å². The normalized spacial score (nSPS) is 16.2. The molecular weight excluding hydrogens is 607 g/mol. The Balaban J connectivity index is 0.000000452. The van der Waals surface area contributed by atoms with E-state index in [1.165, 1.54) is 11.1 Å². The number of rotatable bonds is 4. The van der Waals surface area contributed by atoms with E-state index in [4.69, 9.17) is 27.9 Å². The molecule has 7 nitrogen and oxygen atoms in total. The molecule has 1 fully saturated rings. The number of aromatic nitrogens is 1. The first-order chi connectivity index (χ1) is 21.9. The standard InChI is InChI=1S/C31H27Cl2N3O2.C5H11NO/c32-22-8-11-24(12-9-22)34-30(37)27-18-29(36-15-4-3-7-28(27)36)26-17-23(33)10-13-25(26)31(38)35-16-14-20-5-1-2-6-21(20)19-35;1-6-2-4-7-5-3-6/h1-2,5-6,8-13,17-18H,3-4,7,14-16,19H2,(H,34,37);2-5H2,1H3. The van der Waals surface area contributed by atoms with Crippen LogP contribution >= 0.6 is 23.2 Å². The Morgan fingerprint density at radius 2 is 1.51 bits per heavy atom. The van der Waals surface area contributed by atoms with Crippen molar-refractivity contribution in [3.8, 4) is 11.3 Å². The Morgan fingerprint density at radius 3 is 2.24 bits per heavy atom. The lowest BCUT2D eigenvalue weighted by molar-refractivity contribution is 0.0503. The van der Waals surface area contributed by atoms with Crippen LogP contribution in [-0.2, 0) is 30.7 Å². The molecule has 0 aliphatic carbocycles. The summed E-state index contributed by atoms with van der Waals surface area (Å²) < 4.78 is 7.29. The van der Waals surface area contributed by atoms with Gasteiger partial charge in [-0.1, -0.05) is 47.5 Å². The number of nitrogens with one attached hydrogen (secondary N) is 1. The first-order valence-electron chi connectivity index (χ1n) is 15.6. The third-order valence-electron chi connectivity index (χ3n) is 8.74. The minimum Gasteiger partial charge on any atom is -0.379 e. The van der Waals surface area contributed by atoms with Crippen LogP contribution in [0, 0.1) is 0 Å². The minimum atomic E-state index is -0.174. The van der Waals surface area contributed by atoms with Crippen LogP contribution in [0.25, 0.3) is 11.3 Å². The van der Waals surface area contributed by atoms with E-state index in [1.54, 1.807) is 30.3 Å². The van der Waals surface area contributed by atoms with Crippen LogP contribution in [0.15, 0.2) is 72.8 Å². The summed E-state index contributed by atoms with van der Waals surface area (Å²) in [5.74, 6) is -0.198. The van der Waals surface area contributed by atoms with Gasteiger partial charge in [-0.3, -0.25) is 9.59 Å². The van der Waals surface area contributed by atoms with Crippen LogP contribution in [0.3, 0.4) is 0 Å². The summed E-state index contributed by atoms with van der Waals surface area (Å²) in [5, 5.41) is 4.17. The molecule has 0 radical (unpaired) electrons. The van der Waals surface area contributed by atoms with Gasteiger partial charge in [0, 0.05) is 71.0 Å². The number of carbonyl (C=O) groups is 2. The molecule has 0 bridgehead atoms. The van der Waals surface area contributed by atoms with E-state index in [0.29, 0.717) is 39.9 Å². The molecule has 2 amide bonds. The lowest BCUT2D eigenvalue weighted by Gasteiger charge is -2.30. The highest BCUT2D eigenvalue weighted by Crippen LogP contribution is 2.35. The third-order valence-corrected chi connectivity index (χ3v) is 9.23. The van der Waals surface area contributed by atoms with Crippen LogP contribution in [0.5, 0.6) is 0 Å². The fourth-order valence-electron chi connectivity index (χ4n) is 6.24. The molecular formula is C36H38Cl2N4O3. The maximum absolute atomic E-state index is 13.9. The molecule has 1 N–H and O–H groups in total. The number of anilines is 1. The van der Waals surface area contributed by atoms with Gasteiger partial charge in [0.05, 0.1) is 18.8 Å². The largest absolute Gasteiger partial charge is 0.379 e. The zero-order valence-corrected chi connectivity index (χ0v) is 27.0. The second kappa shape index (κ2) is 14.2. The number of likely N-dealkylation sites (N-methyl/N-ethyl adjacent to an activating group) is 1. The Labute approximate surface area is 274 Å². The summed E-state index contributed by atoms with van der Waals surface area (Å²) in [6.07, 6.45) is 3.66. The monoisotopic (exact) mass is 644 g/mol. The predicted octanol–water partition coefficient (Wildman–Crippen LogP) is 7.20. The number of hydrogen-bond acceptors (Lipinski definition) is 4. The molecule has 3 aromatic carbocycles. The van der Waals surface area contributed by atoms with Gasteiger partial charge < -0.3 is 24.4 Å². The van der Waals surface area contributed by atoms with Crippen molar-refractivity contribution in [3.63, 3.8) is 0 Å². The van der Waals surface area contributed by atoms with Crippen molar-refractivity contribution in [3.05, 3.63) is 111 Å². The number of benzene rings is 3. The van der Waals surface area contributed by atoms with Crippen molar-refractivity contribution in [2.45, 2.75) is 38.8 Å². The van der Waals surface area contributed by atoms with Gasteiger partial charge in [0.2, 0.25) is 0 Å². The Hall–Kier alpha value is -3.62. The number of hydrogen-bond donors (Lipinski definition) is 1. The van der Waals surface area contributed by atoms with Crippen molar-refractivity contribution >= 4 is 40.7 Å². The molecule has 9 heteroatoms. The molecule has 0 saturated carbocycles. The fourth-order valence-corrected chi connectivity index (χ4v) is 6.53. The van der Waals surface area contributed by atoms with Crippen molar-refractivity contribution in [2.24, 2.45) is 0 Å². The fraction of sp³-hybridized carbons (Fsp3) is 0.333. The van der Waals surface area contributed by atoms with E-state index < -0.39 is 0 Å². The van der Waals surface area contributed by atoms with Crippen molar-refractivity contribution in [1.82, 2.24) is 14.4 Å². The number of amides is 2. The summed E-state index contributed by atoms with van der Waals surface area (Å²) in [7, 11) is 2.11. The van der Waals surface area contributed by atoms with Crippen molar-refractivity contribution < 1.29 is 14.3 Å². The molecule has 45 heavy (non-hydrogen) atoms. The van der Waals surface area contributed by atoms with E-state index in [0.717, 1.165) is 75.5 Å². The molecule has 0 atom stereocenters. The molecule has 4 aromatic rings. The van der Waals surface area contributed by atoms with Crippen LogP contribution in [0.4, 0.5) is 5.69 Å². The Morgan fingerprint density at radius 1 is 0.778 bits per heavy atom. The lowest BCUT2D eigenvalue weighted by Crippen LogP contribution is -2.36. The number of morpholine rings is 1. The maximum Gasteiger partial charge on any atom is 0.257 e. The van der Waals surface area contributed by atoms with E-state index in [2.05, 4.69) is 34.0 Å². The van der Waals surface area contributed by atoms with Crippen molar-refractivity contribution in [1.29, 1.82) is 0 Å². The van der Waals surface area contributed by atoms with Gasteiger partial charge in [-0.15, -0.1) is 0 Å². The summed E-state index contributed by atoms with van der Waals surface area (Å²) in [4.78, 5) is 31.5. The summed E-state index contributed by atoms with van der Waals surface area (Å²) >= 11 is 12.5. The first kappa shape index (κ1) is 31.4. The highest BCUT2D eigenvalue weighted by atomic mass is 35.5. The Bertz CT molecular complexity index is 1680. The second-order valence-electron chi connectivity index (χ2n) is 11.8. The zero-order valence-electron chi connectivity index (χ0n) is 25.5. The summed E-state index contributed by atoms with van der Waals surface area (Å²) in [6.45, 7) is 6.06. The quantitative estimate of drug-likeness (QED) is 0.255. The minimum absolute atomic E-state index is 0.0234. The smallest absolute Gasteiger partial charge is 0.257 e. The molecule has 3 aliphatic heterocycles. The molecule has 1 aromatic heterocycles. The van der Waals surface area contributed by atoms with Gasteiger partial charge in [0.25, 0.3) is 11.8 Å². The molecule has 4 heterocycles. The number of nitrogens with zero attached hydrogens (tertiary/aromatic N) is 3. The third kappa shape index (κ3) is 7.28. The van der Waals surface area contributed by atoms with Gasteiger partial charge in [0.1, 0.15) is 0 Å². The molecule has 3 aliphatic rings. The highest BCUT2D eigenvalue weighted by molar-refractivity contribution is 6.31. The van der Waals surface area contributed by atoms with Gasteiger partial charge in [-0.25, -0.2) is 0 Å². The van der Waals surface area contributed by atoms with Crippen LogP contribution in [0.2, 0.25) is 10.0 Å². The number of ether oxygens (including phenoxy) is 1. The van der Waals surface area contributed by atoms with E-state index in [1.807, 2.05) is 35.2 Å². The van der Waals surface area contributed by atoms with Crippen LogP contribution in [0.1, 0.15) is 50.4 Å². The average molecular weight is 646 g/mol. The second-order valence-corrected chi connectivity index (χ2v) is 12.7. The first-order valence-corrected chi connectivity index (χ1v) is 16.3. The molecule has 0 unspecified atom stereocenters. The van der Waals surface area contributed by atoms with E-state index >= 15 is 0 Å². The van der Waals surface area contributed by atoms with Gasteiger partial charge >= 0.3 is 0 Å². The van der Waals surface area contributed by atoms with E-state index in [9.17, 15) is 9.59 Å². The van der Waals surface area contributed by atoms with Crippen LogP contribution < -0.4 is 5.32 Å². The zero-order chi connectivity index (χ0) is 31.3. The highest BCUT2D eigenvalue weighted by Gasteiger charge is 2.28. The van der Waals surface area contributed by atoms with Gasteiger partial charge in [-0.05, 0) is 92.4 Å². The number of carbonyl (C=O) groups excluding carboxylic acids is 2. The molecule has 0 spiro atoms. The van der Waals surface area contributed by atoms with Gasteiger partial charge in [0.15, 0.2) is 0 Å². The average Bonchev–Trinajstić information content (AvgIpc) is 3.46. The molecule has 1 saturated heterocycles.